The molecule has 0 bridgehead atoms. The van der Waals surface area contributed by atoms with Gasteiger partial charge in [-0.2, -0.15) is 18.3 Å². The third kappa shape index (κ3) is 2.68. The van der Waals surface area contributed by atoms with E-state index in [1.54, 1.807) is 24.3 Å². The second-order valence-electron chi connectivity index (χ2n) is 3.15. The minimum atomic E-state index is -4.55. The Labute approximate surface area is 99.2 Å². The first kappa shape index (κ1) is 11.7. The number of rotatable bonds is 1. The van der Waals surface area contributed by atoms with Crippen molar-refractivity contribution in [2.24, 2.45) is 10.2 Å². The Hall–Kier alpha value is -1.76. The smallest absolute Gasteiger partial charge is 0.257 e. The van der Waals surface area contributed by atoms with Gasteiger partial charge in [0.25, 0.3) is 0 Å². The van der Waals surface area contributed by atoms with Gasteiger partial charge in [-0.3, -0.25) is 10.9 Å². The van der Waals surface area contributed by atoms with Gasteiger partial charge in [-0.15, -0.1) is 5.10 Å². The Kier molecular flexibility index (Phi) is 2.93. The largest absolute Gasteiger partial charge is 0.452 e. The Morgan fingerprint density at radius 1 is 1.00 bits per heavy atom. The van der Waals surface area contributed by atoms with Crippen molar-refractivity contribution in [2.75, 3.05) is 0 Å². The minimum Gasteiger partial charge on any atom is -0.257 e. The molecule has 0 spiro atoms. The first-order valence-electron chi connectivity index (χ1n) is 4.47. The van der Waals surface area contributed by atoms with Crippen LogP contribution in [0.1, 0.15) is 5.56 Å². The summed E-state index contributed by atoms with van der Waals surface area (Å²) in [4.78, 5) is 0. The zero-order valence-corrected chi connectivity index (χ0v) is 8.97. The molecule has 0 atom stereocenters. The Morgan fingerprint density at radius 2 is 1.65 bits per heavy atom. The lowest BCUT2D eigenvalue weighted by Crippen LogP contribution is -2.42. The Balaban J connectivity index is 2.14. The average Bonchev–Trinajstić information content (AvgIpc) is 2.29. The molecule has 0 saturated heterocycles. The summed E-state index contributed by atoms with van der Waals surface area (Å²) in [6, 6.07) is 6.43. The molecule has 0 aromatic heterocycles. The van der Waals surface area contributed by atoms with E-state index in [2.05, 4.69) is 15.6 Å². The number of hydrogen-bond donors (Lipinski definition) is 2. The molecule has 4 nitrogen and oxygen atoms in total. The van der Waals surface area contributed by atoms with Crippen LogP contribution < -0.4 is 10.9 Å². The molecule has 1 aliphatic heterocycles. The summed E-state index contributed by atoms with van der Waals surface area (Å²) in [5.41, 5.74) is 4.64. The number of nitrogens with zero attached hydrogens (tertiary/aromatic N) is 2. The molecule has 1 aliphatic rings. The highest BCUT2D eigenvalue weighted by Crippen LogP contribution is 2.17. The number of amidine groups is 2. The molecule has 0 fully saturated rings. The van der Waals surface area contributed by atoms with Gasteiger partial charge in [0, 0.05) is 10.6 Å². The highest BCUT2D eigenvalue weighted by Gasteiger charge is 2.37. The van der Waals surface area contributed by atoms with Crippen molar-refractivity contribution in [3.8, 4) is 0 Å². The van der Waals surface area contributed by atoms with Crippen LogP contribution in [-0.2, 0) is 0 Å². The van der Waals surface area contributed by atoms with E-state index >= 15 is 0 Å². The van der Waals surface area contributed by atoms with Gasteiger partial charge in [0.2, 0.25) is 5.84 Å². The number of halogens is 4. The average molecular weight is 263 g/mol. The lowest BCUT2D eigenvalue weighted by molar-refractivity contribution is -0.0623. The highest BCUT2D eigenvalue weighted by molar-refractivity contribution is 6.30. The maximum atomic E-state index is 12.2. The maximum absolute atomic E-state index is 12.2. The zero-order chi connectivity index (χ0) is 12.5. The molecular weight excluding hydrogens is 257 g/mol. The standard InChI is InChI=1S/C9H6ClF3N4/c10-6-3-1-5(2-4-6)7-14-16-8(17-15-7)9(11,12)13/h1-4H,(H,14,15)(H,16,17). The SMILES string of the molecule is FC(F)(F)C1=NNC(c2ccc(Cl)cc2)=NN1. The predicted octanol–water partition coefficient (Wildman–Crippen LogP) is 2.07. The molecule has 1 aromatic rings. The van der Waals surface area contributed by atoms with E-state index in [0.717, 1.165) is 0 Å². The second kappa shape index (κ2) is 4.25. The van der Waals surface area contributed by atoms with Gasteiger partial charge in [-0.05, 0) is 24.3 Å². The first-order chi connectivity index (χ1) is 7.97. The predicted molar refractivity (Wildman–Crippen MR) is 57.8 cm³/mol. The molecular formula is C9H6ClF3N4. The molecule has 2 rings (SSSR count). The number of alkyl halides is 3. The van der Waals surface area contributed by atoms with Crippen molar-refractivity contribution in [1.29, 1.82) is 0 Å². The van der Waals surface area contributed by atoms with E-state index in [-0.39, 0.29) is 5.84 Å². The topological polar surface area (TPSA) is 48.8 Å². The van der Waals surface area contributed by atoms with Gasteiger partial charge < -0.3 is 0 Å². The van der Waals surface area contributed by atoms with Crippen molar-refractivity contribution >= 4 is 23.3 Å². The van der Waals surface area contributed by atoms with Crippen molar-refractivity contribution in [3.05, 3.63) is 34.9 Å². The van der Waals surface area contributed by atoms with Crippen molar-refractivity contribution in [1.82, 2.24) is 10.9 Å². The van der Waals surface area contributed by atoms with Crippen LogP contribution >= 0.6 is 11.6 Å². The van der Waals surface area contributed by atoms with Gasteiger partial charge in [0.05, 0.1) is 0 Å². The van der Waals surface area contributed by atoms with Gasteiger partial charge in [0.1, 0.15) is 0 Å². The van der Waals surface area contributed by atoms with Crippen LogP contribution in [-0.4, -0.2) is 17.8 Å². The fourth-order valence-electron chi connectivity index (χ4n) is 1.13. The first-order valence-corrected chi connectivity index (χ1v) is 4.85. The highest BCUT2D eigenvalue weighted by atomic mass is 35.5. The molecule has 0 radical (unpaired) electrons. The molecule has 0 amide bonds. The molecule has 0 unspecified atom stereocenters. The van der Waals surface area contributed by atoms with Gasteiger partial charge in [-0.1, -0.05) is 11.6 Å². The monoisotopic (exact) mass is 262 g/mol. The molecule has 1 heterocycles. The summed E-state index contributed by atoms with van der Waals surface area (Å²) < 4.78 is 36.6. The Morgan fingerprint density at radius 3 is 2.12 bits per heavy atom. The summed E-state index contributed by atoms with van der Waals surface area (Å²) in [5.74, 6) is -0.995. The zero-order valence-electron chi connectivity index (χ0n) is 8.22. The summed E-state index contributed by atoms with van der Waals surface area (Å²) >= 11 is 5.68. The van der Waals surface area contributed by atoms with E-state index in [1.165, 1.54) is 0 Å². The fourth-order valence-corrected chi connectivity index (χ4v) is 1.26. The quantitative estimate of drug-likeness (QED) is 0.814. The summed E-state index contributed by atoms with van der Waals surface area (Å²) in [7, 11) is 0. The van der Waals surface area contributed by atoms with Gasteiger partial charge in [-0.25, -0.2) is 0 Å². The summed E-state index contributed by atoms with van der Waals surface area (Å²) in [6.07, 6.45) is -4.55. The molecule has 17 heavy (non-hydrogen) atoms. The molecule has 90 valence electrons. The van der Waals surface area contributed by atoms with Crippen LogP contribution in [0, 0.1) is 0 Å². The van der Waals surface area contributed by atoms with Crippen molar-refractivity contribution in [2.45, 2.75) is 6.18 Å². The van der Waals surface area contributed by atoms with Gasteiger partial charge in [0.15, 0.2) is 5.84 Å². The van der Waals surface area contributed by atoms with Crippen molar-refractivity contribution < 1.29 is 13.2 Å². The van der Waals surface area contributed by atoms with Crippen LogP contribution in [0.2, 0.25) is 5.02 Å². The number of hydrazone groups is 2. The maximum Gasteiger partial charge on any atom is 0.452 e. The number of nitrogens with one attached hydrogen (secondary N) is 2. The van der Waals surface area contributed by atoms with Crippen LogP contribution in [0.3, 0.4) is 0 Å². The molecule has 8 heteroatoms. The van der Waals surface area contributed by atoms with Crippen molar-refractivity contribution in [3.63, 3.8) is 0 Å². The van der Waals surface area contributed by atoms with Crippen LogP contribution in [0.25, 0.3) is 0 Å². The van der Waals surface area contributed by atoms with E-state index < -0.39 is 12.0 Å². The fraction of sp³-hybridized carbons (Fsp3) is 0.111. The lowest BCUT2D eigenvalue weighted by Gasteiger charge is -2.16. The molecule has 0 saturated carbocycles. The second-order valence-corrected chi connectivity index (χ2v) is 3.59. The molecule has 0 aliphatic carbocycles. The molecule has 1 aromatic carbocycles. The Bertz CT molecular complexity index is 478. The third-order valence-electron chi connectivity index (χ3n) is 1.93. The van der Waals surface area contributed by atoms with E-state index in [0.29, 0.717) is 10.6 Å². The van der Waals surface area contributed by atoms with Crippen LogP contribution in [0.15, 0.2) is 34.5 Å². The molecule has 2 N–H and O–H groups in total. The van der Waals surface area contributed by atoms with E-state index in [4.69, 9.17) is 11.6 Å². The van der Waals surface area contributed by atoms with E-state index in [1.807, 2.05) is 5.43 Å². The third-order valence-corrected chi connectivity index (χ3v) is 2.19. The lowest BCUT2D eigenvalue weighted by atomic mass is 10.2. The minimum absolute atomic E-state index is 0.190. The number of hydrogen-bond acceptors (Lipinski definition) is 4. The number of benzene rings is 1. The normalized spacial score (nSPS) is 15.5. The van der Waals surface area contributed by atoms with Gasteiger partial charge >= 0.3 is 6.18 Å². The van der Waals surface area contributed by atoms with Crippen LogP contribution in [0.5, 0.6) is 0 Å². The van der Waals surface area contributed by atoms with E-state index in [9.17, 15) is 13.2 Å². The van der Waals surface area contributed by atoms with Crippen LogP contribution in [0.4, 0.5) is 13.2 Å². The summed E-state index contributed by atoms with van der Waals surface area (Å²) in [6.45, 7) is 0. The summed E-state index contributed by atoms with van der Waals surface area (Å²) in [5, 5.41) is 7.21.